The monoisotopic (exact) mass is 201 g/mol. The van der Waals surface area contributed by atoms with Gasteiger partial charge in [-0.2, -0.15) is 0 Å². The van der Waals surface area contributed by atoms with Crippen molar-refractivity contribution in [3.05, 3.63) is 0 Å². The highest BCUT2D eigenvalue weighted by Crippen LogP contribution is 1.95. The second-order valence-electron chi connectivity index (χ2n) is 3.45. The summed E-state index contributed by atoms with van der Waals surface area (Å²) in [4.78, 5) is 21.6. The van der Waals surface area contributed by atoms with E-state index in [0.717, 1.165) is 6.42 Å². The number of ketones is 1. The largest absolute Gasteiger partial charge is 0.391 e. The van der Waals surface area contributed by atoms with E-state index in [1.807, 2.05) is 6.92 Å². The summed E-state index contributed by atoms with van der Waals surface area (Å²) >= 11 is 0. The fourth-order valence-corrected chi connectivity index (χ4v) is 1.04. The third kappa shape index (κ3) is 7.73. The number of amides is 1. The molecule has 2 N–H and O–H groups in total. The van der Waals surface area contributed by atoms with E-state index in [9.17, 15) is 14.7 Å². The molecule has 0 heterocycles. The molecule has 0 saturated carbocycles. The molecule has 1 atom stereocenters. The third-order valence-corrected chi connectivity index (χ3v) is 1.86. The summed E-state index contributed by atoms with van der Waals surface area (Å²) in [6.07, 6.45) is 1.60. The fraction of sp³-hybridized carbons (Fsp3) is 0.800. The van der Waals surface area contributed by atoms with Gasteiger partial charge in [0.25, 0.3) is 0 Å². The van der Waals surface area contributed by atoms with Crippen LogP contribution >= 0.6 is 0 Å². The van der Waals surface area contributed by atoms with Crippen LogP contribution in [-0.2, 0) is 9.59 Å². The number of hydrogen-bond acceptors (Lipinski definition) is 3. The van der Waals surface area contributed by atoms with E-state index in [4.69, 9.17) is 0 Å². The zero-order valence-electron chi connectivity index (χ0n) is 8.88. The summed E-state index contributed by atoms with van der Waals surface area (Å²) in [6, 6.07) is 0. The van der Waals surface area contributed by atoms with Crippen molar-refractivity contribution in [1.82, 2.24) is 5.32 Å². The highest BCUT2D eigenvalue weighted by atomic mass is 16.3. The summed E-state index contributed by atoms with van der Waals surface area (Å²) in [6.45, 7) is 3.71. The molecule has 0 radical (unpaired) electrons. The number of carbonyl (C=O) groups is 2. The molecule has 0 fully saturated rings. The molecule has 0 aliphatic carbocycles. The van der Waals surface area contributed by atoms with Gasteiger partial charge in [0.2, 0.25) is 5.91 Å². The summed E-state index contributed by atoms with van der Waals surface area (Å²) in [5, 5.41) is 11.9. The van der Waals surface area contributed by atoms with Gasteiger partial charge < -0.3 is 15.2 Å². The van der Waals surface area contributed by atoms with E-state index in [-0.39, 0.29) is 31.1 Å². The van der Waals surface area contributed by atoms with Crippen LogP contribution in [0, 0.1) is 0 Å². The first kappa shape index (κ1) is 13.1. The molecule has 0 aliphatic rings. The Balaban J connectivity index is 3.48. The number of carbonyl (C=O) groups excluding carboxylic acids is 2. The molecule has 4 heteroatoms. The minimum absolute atomic E-state index is 0.00857. The van der Waals surface area contributed by atoms with Gasteiger partial charge in [-0.3, -0.25) is 4.79 Å². The van der Waals surface area contributed by atoms with E-state index in [0.29, 0.717) is 6.42 Å². The van der Waals surface area contributed by atoms with Crippen molar-refractivity contribution in [3.63, 3.8) is 0 Å². The highest BCUT2D eigenvalue weighted by molar-refractivity contribution is 5.83. The SMILES string of the molecule is CCCC(O)CNC(=O)CCC(C)=O. The van der Waals surface area contributed by atoms with E-state index < -0.39 is 6.10 Å². The van der Waals surface area contributed by atoms with Crippen molar-refractivity contribution in [2.24, 2.45) is 0 Å². The van der Waals surface area contributed by atoms with Crippen LogP contribution in [0.4, 0.5) is 0 Å². The van der Waals surface area contributed by atoms with E-state index in [1.165, 1.54) is 6.92 Å². The molecule has 14 heavy (non-hydrogen) atoms. The van der Waals surface area contributed by atoms with Crippen molar-refractivity contribution in [1.29, 1.82) is 0 Å². The van der Waals surface area contributed by atoms with Crippen LogP contribution in [-0.4, -0.2) is 29.4 Å². The Hall–Kier alpha value is -0.900. The lowest BCUT2D eigenvalue weighted by Gasteiger charge is -2.10. The van der Waals surface area contributed by atoms with Gasteiger partial charge in [-0.1, -0.05) is 13.3 Å². The predicted molar refractivity (Wildman–Crippen MR) is 53.8 cm³/mol. The second kappa shape index (κ2) is 7.50. The highest BCUT2D eigenvalue weighted by Gasteiger charge is 2.06. The Labute approximate surface area is 84.7 Å². The molecular formula is C10H19NO3. The standard InChI is InChI=1S/C10H19NO3/c1-3-4-9(13)7-11-10(14)6-5-8(2)12/h9,13H,3-7H2,1-2H3,(H,11,14). The number of Topliss-reactive ketones (excluding diaryl/α,β-unsaturated/α-hetero) is 1. The normalized spacial score (nSPS) is 12.2. The topological polar surface area (TPSA) is 66.4 Å². The minimum atomic E-state index is -0.471. The Morgan fingerprint density at radius 3 is 2.50 bits per heavy atom. The van der Waals surface area contributed by atoms with Crippen molar-refractivity contribution in [2.45, 2.75) is 45.6 Å². The summed E-state index contributed by atoms with van der Waals surface area (Å²) in [7, 11) is 0. The zero-order chi connectivity index (χ0) is 11.0. The molecule has 4 nitrogen and oxygen atoms in total. The van der Waals surface area contributed by atoms with Gasteiger partial charge in [-0.25, -0.2) is 0 Å². The fourth-order valence-electron chi connectivity index (χ4n) is 1.04. The summed E-state index contributed by atoms with van der Waals surface area (Å²) < 4.78 is 0. The van der Waals surface area contributed by atoms with Crippen LogP contribution in [0.1, 0.15) is 39.5 Å². The van der Waals surface area contributed by atoms with E-state index in [1.54, 1.807) is 0 Å². The third-order valence-electron chi connectivity index (χ3n) is 1.86. The van der Waals surface area contributed by atoms with Gasteiger partial charge in [0.15, 0.2) is 0 Å². The Morgan fingerprint density at radius 2 is 2.00 bits per heavy atom. The maximum atomic E-state index is 11.1. The molecule has 0 saturated heterocycles. The lowest BCUT2D eigenvalue weighted by atomic mass is 10.2. The van der Waals surface area contributed by atoms with Crippen molar-refractivity contribution in [3.8, 4) is 0 Å². The Bertz CT molecular complexity index is 192. The molecular weight excluding hydrogens is 182 g/mol. The Morgan fingerprint density at radius 1 is 1.36 bits per heavy atom. The molecule has 0 aliphatic heterocycles. The first-order valence-electron chi connectivity index (χ1n) is 5.00. The van der Waals surface area contributed by atoms with Crippen LogP contribution in [0.3, 0.4) is 0 Å². The molecule has 0 aromatic heterocycles. The average molecular weight is 201 g/mol. The number of rotatable bonds is 7. The smallest absolute Gasteiger partial charge is 0.220 e. The number of aliphatic hydroxyl groups is 1. The molecule has 82 valence electrons. The molecule has 0 aromatic rings. The first-order chi connectivity index (χ1) is 6.56. The van der Waals surface area contributed by atoms with Gasteiger partial charge in [0, 0.05) is 19.4 Å². The first-order valence-corrected chi connectivity index (χ1v) is 5.00. The molecule has 0 rings (SSSR count). The molecule has 0 aromatic carbocycles. The maximum absolute atomic E-state index is 11.1. The molecule has 0 bridgehead atoms. The van der Waals surface area contributed by atoms with Gasteiger partial charge in [0.1, 0.15) is 5.78 Å². The van der Waals surface area contributed by atoms with E-state index in [2.05, 4.69) is 5.32 Å². The summed E-state index contributed by atoms with van der Waals surface area (Å²) in [5.41, 5.74) is 0. The molecule has 1 unspecified atom stereocenters. The minimum Gasteiger partial charge on any atom is -0.391 e. The lowest BCUT2D eigenvalue weighted by molar-refractivity contribution is -0.124. The number of hydrogen-bond donors (Lipinski definition) is 2. The van der Waals surface area contributed by atoms with Crippen molar-refractivity contribution < 1.29 is 14.7 Å². The Kier molecular flexibility index (Phi) is 7.02. The van der Waals surface area contributed by atoms with E-state index >= 15 is 0 Å². The zero-order valence-corrected chi connectivity index (χ0v) is 8.88. The quantitative estimate of drug-likeness (QED) is 0.635. The van der Waals surface area contributed by atoms with Crippen LogP contribution in [0.15, 0.2) is 0 Å². The van der Waals surface area contributed by atoms with Crippen molar-refractivity contribution >= 4 is 11.7 Å². The van der Waals surface area contributed by atoms with Gasteiger partial charge in [0.05, 0.1) is 6.10 Å². The molecule has 1 amide bonds. The predicted octanol–water partition coefficient (Wildman–Crippen LogP) is 0.633. The molecule has 0 spiro atoms. The number of nitrogens with one attached hydrogen (secondary N) is 1. The van der Waals surface area contributed by atoms with Gasteiger partial charge >= 0.3 is 0 Å². The summed E-state index contributed by atoms with van der Waals surface area (Å²) in [5.74, 6) is -0.162. The van der Waals surface area contributed by atoms with Crippen molar-refractivity contribution in [2.75, 3.05) is 6.54 Å². The van der Waals surface area contributed by atoms with Crippen LogP contribution in [0.2, 0.25) is 0 Å². The van der Waals surface area contributed by atoms with Gasteiger partial charge in [-0.15, -0.1) is 0 Å². The van der Waals surface area contributed by atoms with Gasteiger partial charge in [-0.05, 0) is 13.3 Å². The van der Waals surface area contributed by atoms with Crippen LogP contribution in [0.5, 0.6) is 0 Å². The van der Waals surface area contributed by atoms with Crippen LogP contribution in [0.25, 0.3) is 0 Å². The van der Waals surface area contributed by atoms with Crippen LogP contribution < -0.4 is 5.32 Å². The lowest BCUT2D eigenvalue weighted by Crippen LogP contribution is -2.32. The number of aliphatic hydroxyl groups excluding tert-OH is 1. The second-order valence-corrected chi connectivity index (χ2v) is 3.45. The average Bonchev–Trinajstić information content (AvgIpc) is 2.12. The maximum Gasteiger partial charge on any atom is 0.220 e.